The maximum absolute atomic E-state index is 12.4. The van der Waals surface area contributed by atoms with Gasteiger partial charge in [0, 0.05) is 13.1 Å². The van der Waals surface area contributed by atoms with Crippen molar-refractivity contribution in [2.45, 2.75) is 13.1 Å². The average molecular weight is 315 g/mol. The van der Waals surface area contributed by atoms with Crippen LogP contribution in [0.3, 0.4) is 0 Å². The second-order valence-electron chi connectivity index (χ2n) is 4.30. The van der Waals surface area contributed by atoms with Crippen LogP contribution in [-0.2, 0) is 6.18 Å². The van der Waals surface area contributed by atoms with Crippen LogP contribution in [-0.4, -0.2) is 32.2 Å². The van der Waals surface area contributed by atoms with Gasteiger partial charge in [-0.05, 0) is 31.2 Å². The van der Waals surface area contributed by atoms with E-state index in [2.05, 4.69) is 22.2 Å². The summed E-state index contributed by atoms with van der Waals surface area (Å²) in [5.74, 6) is 1.02. The zero-order chi connectivity index (χ0) is 16.4. The Morgan fingerprint density at radius 2 is 1.95 bits per heavy atom. The van der Waals surface area contributed by atoms with Gasteiger partial charge >= 0.3 is 6.18 Å². The summed E-state index contributed by atoms with van der Waals surface area (Å²) >= 11 is 0. The summed E-state index contributed by atoms with van der Waals surface area (Å²) in [6, 6.07) is 4.59. The van der Waals surface area contributed by atoms with Crippen molar-refractivity contribution in [3.8, 4) is 5.75 Å². The first-order chi connectivity index (χ1) is 10.5. The van der Waals surface area contributed by atoms with Crippen LogP contribution < -0.4 is 15.4 Å². The van der Waals surface area contributed by atoms with E-state index in [9.17, 15) is 13.2 Å². The molecule has 0 bridgehead atoms. The lowest BCUT2D eigenvalue weighted by Crippen LogP contribution is -2.37. The van der Waals surface area contributed by atoms with E-state index in [1.54, 1.807) is 6.08 Å². The van der Waals surface area contributed by atoms with Crippen LogP contribution in [0, 0.1) is 0 Å². The molecule has 1 aromatic carbocycles. The van der Waals surface area contributed by atoms with Gasteiger partial charge in [-0.1, -0.05) is 6.08 Å². The highest BCUT2D eigenvalue weighted by Crippen LogP contribution is 2.30. The summed E-state index contributed by atoms with van der Waals surface area (Å²) in [6.07, 6.45) is -2.62. The van der Waals surface area contributed by atoms with Crippen LogP contribution in [0.5, 0.6) is 5.75 Å². The molecule has 0 saturated heterocycles. The number of nitrogens with zero attached hydrogens (tertiary/aromatic N) is 1. The molecule has 0 saturated carbocycles. The highest BCUT2D eigenvalue weighted by Gasteiger charge is 2.29. The molecule has 0 aliphatic rings. The fourth-order valence-corrected chi connectivity index (χ4v) is 1.57. The summed E-state index contributed by atoms with van der Waals surface area (Å²) in [4.78, 5) is 4.26. The van der Waals surface area contributed by atoms with Crippen molar-refractivity contribution in [1.82, 2.24) is 10.6 Å². The van der Waals surface area contributed by atoms with Crippen molar-refractivity contribution < 1.29 is 17.9 Å². The van der Waals surface area contributed by atoms with E-state index >= 15 is 0 Å². The summed E-state index contributed by atoms with van der Waals surface area (Å²) < 4.78 is 42.6. The third-order valence-electron chi connectivity index (χ3n) is 2.57. The molecule has 0 heterocycles. The fraction of sp³-hybridized carbons (Fsp3) is 0.400. The molecule has 7 heteroatoms. The number of hydrogen-bond donors (Lipinski definition) is 2. The molecule has 0 atom stereocenters. The molecule has 0 spiro atoms. The highest BCUT2D eigenvalue weighted by molar-refractivity contribution is 5.79. The molecule has 0 aliphatic carbocycles. The topological polar surface area (TPSA) is 45.7 Å². The number of ether oxygens (including phenoxy) is 1. The van der Waals surface area contributed by atoms with Crippen LogP contribution in [0.15, 0.2) is 41.9 Å². The first-order valence-corrected chi connectivity index (χ1v) is 6.90. The van der Waals surface area contributed by atoms with Crippen molar-refractivity contribution in [2.75, 3.05) is 26.2 Å². The molecule has 0 radical (unpaired) electrons. The van der Waals surface area contributed by atoms with Crippen LogP contribution >= 0.6 is 0 Å². The van der Waals surface area contributed by atoms with Gasteiger partial charge in [0.2, 0.25) is 0 Å². The fourth-order valence-electron chi connectivity index (χ4n) is 1.57. The van der Waals surface area contributed by atoms with E-state index in [1.807, 2.05) is 6.92 Å². The minimum atomic E-state index is -4.33. The molecule has 0 aromatic heterocycles. The number of alkyl halides is 3. The maximum Gasteiger partial charge on any atom is 0.416 e. The Balaban J connectivity index is 2.44. The zero-order valence-electron chi connectivity index (χ0n) is 12.4. The second kappa shape index (κ2) is 8.96. The first-order valence-electron chi connectivity index (χ1n) is 6.90. The van der Waals surface area contributed by atoms with Crippen LogP contribution in [0.4, 0.5) is 13.2 Å². The minimum Gasteiger partial charge on any atom is -0.492 e. The molecule has 122 valence electrons. The van der Waals surface area contributed by atoms with Gasteiger partial charge in [-0.2, -0.15) is 13.2 Å². The van der Waals surface area contributed by atoms with Crippen LogP contribution in [0.25, 0.3) is 0 Å². The molecule has 1 aromatic rings. The SMILES string of the molecule is C=CCNC(=NCCOc1ccc(C(F)(F)F)cc1)NCC. The van der Waals surface area contributed by atoms with Gasteiger partial charge in [-0.15, -0.1) is 6.58 Å². The van der Waals surface area contributed by atoms with Gasteiger partial charge in [-0.25, -0.2) is 4.99 Å². The molecular weight excluding hydrogens is 295 g/mol. The molecule has 4 nitrogen and oxygen atoms in total. The molecule has 0 fully saturated rings. The summed E-state index contributed by atoms with van der Waals surface area (Å²) in [7, 11) is 0. The van der Waals surface area contributed by atoms with Gasteiger partial charge in [-0.3, -0.25) is 0 Å². The standard InChI is InChI=1S/C15H20F3N3O/c1-3-9-20-14(19-4-2)21-10-11-22-13-7-5-12(6-8-13)15(16,17)18/h3,5-8H,1,4,9-11H2,2H3,(H2,19,20,21). The normalized spacial score (nSPS) is 11.9. The monoisotopic (exact) mass is 315 g/mol. The molecular formula is C15H20F3N3O. The molecule has 1 rings (SSSR count). The van der Waals surface area contributed by atoms with Gasteiger partial charge in [0.15, 0.2) is 5.96 Å². The summed E-state index contributed by atoms with van der Waals surface area (Å²) in [5.41, 5.74) is -0.694. The van der Waals surface area contributed by atoms with Crippen LogP contribution in [0.1, 0.15) is 12.5 Å². The predicted molar refractivity (Wildman–Crippen MR) is 81.1 cm³/mol. The Morgan fingerprint density at radius 3 is 2.50 bits per heavy atom. The Hall–Kier alpha value is -2.18. The molecule has 0 aliphatic heterocycles. The lowest BCUT2D eigenvalue weighted by atomic mass is 10.2. The lowest BCUT2D eigenvalue weighted by molar-refractivity contribution is -0.137. The molecule has 0 unspecified atom stereocenters. The quantitative estimate of drug-likeness (QED) is 0.352. The zero-order valence-corrected chi connectivity index (χ0v) is 12.4. The highest BCUT2D eigenvalue weighted by atomic mass is 19.4. The van der Waals surface area contributed by atoms with Gasteiger partial charge in [0.25, 0.3) is 0 Å². The van der Waals surface area contributed by atoms with E-state index in [0.717, 1.165) is 18.7 Å². The van der Waals surface area contributed by atoms with Crippen molar-refractivity contribution in [1.29, 1.82) is 0 Å². The van der Waals surface area contributed by atoms with E-state index in [0.29, 0.717) is 24.8 Å². The van der Waals surface area contributed by atoms with Crippen molar-refractivity contribution in [3.05, 3.63) is 42.5 Å². The van der Waals surface area contributed by atoms with Gasteiger partial charge in [0.05, 0.1) is 12.1 Å². The molecule has 2 N–H and O–H groups in total. The largest absolute Gasteiger partial charge is 0.492 e. The van der Waals surface area contributed by atoms with E-state index in [4.69, 9.17) is 4.74 Å². The van der Waals surface area contributed by atoms with Gasteiger partial charge in [0.1, 0.15) is 12.4 Å². The minimum absolute atomic E-state index is 0.274. The van der Waals surface area contributed by atoms with Gasteiger partial charge < -0.3 is 15.4 Å². The molecule has 0 amide bonds. The first kappa shape index (κ1) is 17.9. The van der Waals surface area contributed by atoms with Crippen molar-refractivity contribution in [3.63, 3.8) is 0 Å². The van der Waals surface area contributed by atoms with E-state index in [-0.39, 0.29) is 6.61 Å². The van der Waals surface area contributed by atoms with Crippen LogP contribution in [0.2, 0.25) is 0 Å². The number of nitrogens with one attached hydrogen (secondary N) is 2. The Bertz CT molecular complexity index is 484. The lowest BCUT2D eigenvalue weighted by Gasteiger charge is -2.10. The average Bonchev–Trinajstić information content (AvgIpc) is 2.48. The van der Waals surface area contributed by atoms with E-state index < -0.39 is 11.7 Å². The number of aliphatic imine (C=N–C) groups is 1. The number of hydrogen-bond acceptors (Lipinski definition) is 2. The number of rotatable bonds is 7. The maximum atomic E-state index is 12.4. The third-order valence-corrected chi connectivity index (χ3v) is 2.57. The Kier molecular flexibility index (Phi) is 7.28. The Morgan fingerprint density at radius 1 is 1.27 bits per heavy atom. The second-order valence-corrected chi connectivity index (χ2v) is 4.30. The predicted octanol–water partition coefficient (Wildman–Crippen LogP) is 2.83. The Labute approximate surface area is 128 Å². The third kappa shape index (κ3) is 6.51. The summed E-state index contributed by atoms with van der Waals surface area (Å²) in [6.45, 7) is 7.52. The van der Waals surface area contributed by atoms with Crippen molar-refractivity contribution >= 4 is 5.96 Å². The van der Waals surface area contributed by atoms with E-state index in [1.165, 1.54) is 12.1 Å². The molecule has 22 heavy (non-hydrogen) atoms. The summed E-state index contributed by atoms with van der Waals surface area (Å²) in [5, 5.41) is 6.08. The smallest absolute Gasteiger partial charge is 0.416 e. The number of benzene rings is 1. The number of guanidine groups is 1. The van der Waals surface area contributed by atoms with Crippen molar-refractivity contribution in [2.24, 2.45) is 4.99 Å². The number of halogens is 3.